The number of cyclic esters (lactones) is 1. The molecule has 18 unspecified atom stereocenters. The molecule has 4 aliphatic rings. The van der Waals surface area contributed by atoms with Gasteiger partial charge >= 0.3 is 22.3 Å². The molecule has 2 aromatic carbocycles. The number of likely N-dealkylation sites (N-methyl/N-ethyl adjacent to an activating group) is 1. The van der Waals surface area contributed by atoms with Crippen LogP contribution in [0, 0.1) is 23.7 Å². The molecule has 18 atom stereocenters. The maximum absolute atomic E-state index is 14.2. The molecule has 548 valence electrons. The topological polar surface area (TPSA) is 270 Å². The number of halogens is 2. The molecule has 0 radical (unpaired) electrons. The van der Waals surface area contributed by atoms with Gasteiger partial charge in [-0.15, -0.1) is 12.4 Å². The van der Waals surface area contributed by atoms with Crippen LogP contribution in [-0.2, 0) is 75.0 Å². The molecule has 4 aliphatic heterocycles. The van der Waals surface area contributed by atoms with E-state index in [1.54, 1.807) is 48.5 Å². The first kappa shape index (κ1) is 86.1. The van der Waals surface area contributed by atoms with Crippen molar-refractivity contribution in [2.75, 3.05) is 59.9 Å². The Morgan fingerprint density at radius 2 is 1.37 bits per heavy atom. The predicted octanol–water partition coefficient (Wildman–Crippen LogP) is 11.4. The molecular weight excluding hydrogens is 1290 g/mol. The van der Waals surface area contributed by atoms with E-state index in [1.807, 2.05) is 32.0 Å². The van der Waals surface area contributed by atoms with Crippen molar-refractivity contribution >= 4 is 63.5 Å². The first-order valence-electron chi connectivity index (χ1n) is 34.6. The van der Waals surface area contributed by atoms with Crippen LogP contribution in [0.2, 0.25) is 5.02 Å². The summed E-state index contributed by atoms with van der Waals surface area (Å²) in [4.78, 5) is 47.6. The fourth-order valence-electron chi connectivity index (χ4n) is 13.7. The van der Waals surface area contributed by atoms with Gasteiger partial charge in [0, 0.05) is 60.6 Å². The number of nitrogens with zero attached hydrogens (tertiary/aromatic N) is 3. The van der Waals surface area contributed by atoms with Gasteiger partial charge in [-0.05, 0) is 151 Å². The van der Waals surface area contributed by atoms with Crippen LogP contribution in [0.3, 0.4) is 0 Å². The number of methoxy groups -OCH3 is 1. The number of hydrogen-bond donors (Lipinski definition) is 5. The fourth-order valence-corrected chi connectivity index (χ4v) is 14.2. The van der Waals surface area contributed by atoms with Crippen molar-refractivity contribution in [2.45, 2.75) is 283 Å². The lowest BCUT2D eigenvalue weighted by Gasteiger charge is -2.49. The molecule has 0 aromatic heterocycles. The summed E-state index contributed by atoms with van der Waals surface area (Å²) in [5.41, 5.74) is 0.512. The van der Waals surface area contributed by atoms with Gasteiger partial charge < -0.3 is 68.3 Å². The lowest BCUT2D eigenvalue weighted by Crippen LogP contribution is -2.61. The van der Waals surface area contributed by atoms with Crippen LogP contribution in [0.4, 0.5) is 11.4 Å². The number of rotatable bonds is 25. The Kier molecular flexibility index (Phi) is 36.6. The Morgan fingerprint density at radius 3 is 1.94 bits per heavy atom. The minimum atomic E-state index is -4.23. The van der Waals surface area contributed by atoms with Gasteiger partial charge in [-0.3, -0.25) is 18.9 Å². The van der Waals surface area contributed by atoms with E-state index < -0.39 is 124 Å². The molecule has 0 bridgehead atoms. The van der Waals surface area contributed by atoms with Crippen molar-refractivity contribution in [3.05, 3.63) is 58.6 Å². The molecule has 0 aliphatic carbocycles. The minimum Gasteiger partial charge on any atom is -0.459 e. The fraction of sp³-hybridized carbons (Fsp3) is 0.789. The van der Waals surface area contributed by atoms with E-state index in [0.29, 0.717) is 12.8 Å². The SMILES string of the molecule is CCC(=O)OC1C(OC2C(C)C(OC3CC(C)(OC)C(O)C(C)O3)C(C)C(=O)OC(CC)C(C)(O)C(O)C(C)C(=O)C(C)CC2(C)O)OC(C)CC1N(C)C.CCCCCCCCCCCCOS(=O)(=O)O.CN(C)CCCN1c2ccccc2CCc2ccc(Cl)cc21.Cl. The summed E-state index contributed by atoms with van der Waals surface area (Å²) >= 11 is 6.27. The van der Waals surface area contributed by atoms with Crippen LogP contribution in [0.1, 0.15) is 197 Å². The molecule has 95 heavy (non-hydrogen) atoms. The van der Waals surface area contributed by atoms with Gasteiger partial charge in [-0.1, -0.05) is 135 Å². The molecule has 5 N–H and O–H groups in total. The summed E-state index contributed by atoms with van der Waals surface area (Å²) in [5, 5.41) is 47.4. The van der Waals surface area contributed by atoms with E-state index in [1.165, 1.54) is 95.3 Å². The van der Waals surface area contributed by atoms with Crippen molar-refractivity contribution < 1.29 is 85.1 Å². The molecule has 4 heterocycles. The molecule has 0 spiro atoms. The number of aryl methyl sites for hydroxylation is 2. The van der Waals surface area contributed by atoms with Crippen LogP contribution in [0.5, 0.6) is 0 Å². The maximum atomic E-state index is 14.2. The number of ketones is 1. The van der Waals surface area contributed by atoms with Crippen molar-refractivity contribution in [1.82, 2.24) is 9.80 Å². The molecule has 3 fully saturated rings. The highest BCUT2D eigenvalue weighted by Crippen LogP contribution is 2.42. The van der Waals surface area contributed by atoms with Crippen molar-refractivity contribution in [3.63, 3.8) is 0 Å². The number of carbonyl (C=O) groups is 3. The van der Waals surface area contributed by atoms with Crippen LogP contribution >= 0.6 is 24.0 Å². The summed E-state index contributed by atoms with van der Waals surface area (Å²) in [6.45, 7) is 22.4. The number of unbranched alkanes of at least 4 members (excludes halogenated alkanes) is 9. The number of fused-ring (bicyclic) bond motifs is 2. The van der Waals surface area contributed by atoms with E-state index in [2.05, 4.69) is 71.4 Å². The molecule has 24 heteroatoms. The van der Waals surface area contributed by atoms with Gasteiger partial charge in [0.05, 0.1) is 60.3 Å². The van der Waals surface area contributed by atoms with Crippen LogP contribution in [0.15, 0.2) is 42.5 Å². The predicted molar refractivity (Wildman–Crippen MR) is 372 cm³/mol. The van der Waals surface area contributed by atoms with E-state index in [9.17, 15) is 43.2 Å². The first-order chi connectivity index (χ1) is 44.1. The van der Waals surface area contributed by atoms with Gasteiger partial charge in [0.15, 0.2) is 18.7 Å². The number of aliphatic hydroxyl groups is 4. The highest BCUT2D eigenvalue weighted by molar-refractivity contribution is 7.80. The minimum absolute atomic E-state index is 0. The van der Waals surface area contributed by atoms with Crippen molar-refractivity contribution in [3.8, 4) is 0 Å². The Bertz CT molecular complexity index is 2730. The standard InChI is InChI=1S/C40H71NO14.C19H23ClN2.C12H26O4S.ClH/c1-15-27-40(11,48)33(44)22(5)30(43)20(3)18-38(9,47)35(55-37-32(53-28(42)16-2)26(41(12)13)17-21(4)50-37)23(6)31(24(7)36(46)52-27)54-29-19-39(10,49-14)34(45)25(8)51-29;1-21(2)12-5-13-22-18-7-4-3-6-15(18)8-9-16-10-11-17(20)14-19(16)22;1-2-3-4-5-6-7-8-9-10-11-12-16-17(13,14)15;/h20-27,29,31-35,37,44-45,47-48H,15-19H2,1-14H3;3-4,6-7,10-11,14H,5,8-9,12-13H2,1-2H3;2-12H2,1H3,(H,13,14,15);1H. The van der Waals surface area contributed by atoms with Gasteiger partial charge in [0.25, 0.3) is 0 Å². The van der Waals surface area contributed by atoms with Crippen LogP contribution in [-0.4, -0.2) is 200 Å². The zero-order valence-corrected chi connectivity index (χ0v) is 62.5. The molecule has 6 rings (SSSR count). The third-order valence-corrected chi connectivity index (χ3v) is 20.1. The second-order valence-electron chi connectivity index (χ2n) is 27.9. The summed E-state index contributed by atoms with van der Waals surface area (Å²) in [6, 6.07) is 14.8. The van der Waals surface area contributed by atoms with E-state index in [-0.39, 0.29) is 56.8 Å². The quantitative estimate of drug-likeness (QED) is 0.0351. The Balaban J connectivity index is 0.000000475. The summed E-state index contributed by atoms with van der Waals surface area (Å²) in [6.07, 6.45) is 5.47. The third-order valence-electron chi connectivity index (χ3n) is 19.4. The molecule has 3 saturated heterocycles. The third kappa shape index (κ3) is 25.8. The lowest BCUT2D eigenvalue weighted by atomic mass is 9.74. The molecule has 2 aromatic rings. The number of benzene rings is 2. The largest absolute Gasteiger partial charge is 0.459 e. The zero-order valence-electron chi connectivity index (χ0n) is 60.1. The van der Waals surface area contributed by atoms with Gasteiger partial charge in [0.1, 0.15) is 23.6 Å². The number of para-hydroxylation sites is 1. The second kappa shape index (κ2) is 40.3. The highest BCUT2D eigenvalue weighted by atomic mass is 35.5. The molecule has 0 saturated carbocycles. The summed E-state index contributed by atoms with van der Waals surface area (Å²) < 4.78 is 76.6. The Morgan fingerprint density at radius 1 is 0.768 bits per heavy atom. The van der Waals surface area contributed by atoms with E-state index in [4.69, 9.17) is 49.3 Å². The zero-order chi connectivity index (χ0) is 70.5. The number of aliphatic hydroxyl groups excluding tert-OH is 2. The number of anilines is 2. The van der Waals surface area contributed by atoms with Crippen LogP contribution < -0.4 is 4.90 Å². The number of Topliss-reactive ketones (excluding diaryl/α,β-unsaturated/α-hetero) is 1. The van der Waals surface area contributed by atoms with E-state index >= 15 is 0 Å². The number of carbonyl (C=O) groups excluding carboxylic acids is 3. The second-order valence-corrected chi connectivity index (χ2v) is 29.5. The molecule has 21 nitrogen and oxygen atoms in total. The normalized spacial score (nSPS) is 32.4. The summed E-state index contributed by atoms with van der Waals surface area (Å²) in [7, 11) is 5.23. The van der Waals surface area contributed by atoms with Crippen molar-refractivity contribution in [1.29, 1.82) is 0 Å². The van der Waals surface area contributed by atoms with Gasteiger partial charge in [-0.25, -0.2) is 4.18 Å². The summed E-state index contributed by atoms with van der Waals surface area (Å²) in [5.74, 6) is -5.59. The molecular formula is C71H121Cl2N3O18S. The Labute approximate surface area is 580 Å². The van der Waals surface area contributed by atoms with Crippen LogP contribution in [0.25, 0.3) is 0 Å². The number of ether oxygens (including phenoxy) is 7. The molecule has 0 amide bonds. The van der Waals surface area contributed by atoms with Crippen molar-refractivity contribution in [2.24, 2.45) is 23.7 Å². The number of esters is 2. The smallest absolute Gasteiger partial charge is 0.397 e. The van der Waals surface area contributed by atoms with Gasteiger partial charge in [-0.2, -0.15) is 8.42 Å². The average molecular weight is 1410 g/mol. The average Bonchev–Trinajstić information content (AvgIpc) is 0.852. The maximum Gasteiger partial charge on any atom is 0.397 e. The van der Waals surface area contributed by atoms with Gasteiger partial charge in [0.2, 0.25) is 0 Å². The highest BCUT2D eigenvalue weighted by Gasteiger charge is 2.54. The lowest BCUT2D eigenvalue weighted by molar-refractivity contribution is -0.319. The Hall–Kier alpha value is -3.14. The number of hydrogen-bond acceptors (Lipinski definition) is 20. The monoisotopic (exact) mass is 1410 g/mol. The van der Waals surface area contributed by atoms with E-state index in [0.717, 1.165) is 50.2 Å². The first-order valence-corrected chi connectivity index (χ1v) is 36.3.